The van der Waals surface area contributed by atoms with E-state index >= 15 is 4.39 Å². The molecule has 3 rings (SSSR count). The second-order valence-corrected chi connectivity index (χ2v) is 8.60. The van der Waals surface area contributed by atoms with Gasteiger partial charge in [-0.2, -0.15) is 0 Å². The summed E-state index contributed by atoms with van der Waals surface area (Å²) in [5.74, 6) is -2.30. The molecule has 0 aliphatic heterocycles. The lowest BCUT2D eigenvalue weighted by atomic mass is 9.70. The first kappa shape index (κ1) is 24.2. The highest BCUT2D eigenvalue weighted by Gasteiger charge is 2.42. The van der Waals surface area contributed by atoms with Crippen LogP contribution in [-0.4, -0.2) is 23.5 Å². The normalized spacial score (nSPS) is 13.7. The Hall–Kier alpha value is -3.47. The molecule has 0 saturated carbocycles. The number of hydrogen-bond donors (Lipinski definition) is 1. The standard InChI is InChI=1S/C28H30FNO3/c1-5-30(25-14-10-9-11-19(25)2)26(31)17-20(3)28(4,27(32)33)22-15-16-23(24(29)18-22)21-12-7-6-8-13-21/h6-16,18,20H,5,17H2,1-4H3,(H,32,33). The van der Waals surface area contributed by atoms with Gasteiger partial charge >= 0.3 is 5.97 Å². The van der Waals surface area contributed by atoms with Crippen molar-refractivity contribution in [2.24, 2.45) is 5.92 Å². The number of halogens is 1. The molecule has 0 fully saturated rings. The van der Waals surface area contributed by atoms with Crippen LogP contribution in [0.2, 0.25) is 0 Å². The van der Waals surface area contributed by atoms with Gasteiger partial charge in [0.15, 0.2) is 0 Å². The van der Waals surface area contributed by atoms with E-state index in [1.807, 2.05) is 56.3 Å². The molecule has 1 amide bonds. The minimum Gasteiger partial charge on any atom is -0.481 e. The van der Waals surface area contributed by atoms with Crippen LogP contribution in [0.4, 0.5) is 10.1 Å². The van der Waals surface area contributed by atoms with Crippen LogP contribution in [0.15, 0.2) is 72.8 Å². The summed E-state index contributed by atoms with van der Waals surface area (Å²) in [6, 6.07) is 21.3. The van der Waals surface area contributed by atoms with E-state index in [9.17, 15) is 14.7 Å². The van der Waals surface area contributed by atoms with Crippen LogP contribution >= 0.6 is 0 Å². The van der Waals surface area contributed by atoms with Crippen LogP contribution in [0.5, 0.6) is 0 Å². The van der Waals surface area contributed by atoms with Gasteiger partial charge in [-0.05, 0) is 55.5 Å². The monoisotopic (exact) mass is 447 g/mol. The summed E-state index contributed by atoms with van der Waals surface area (Å²) in [6.45, 7) is 7.60. The van der Waals surface area contributed by atoms with Crippen molar-refractivity contribution in [3.8, 4) is 11.1 Å². The Balaban J connectivity index is 1.91. The zero-order valence-electron chi connectivity index (χ0n) is 19.5. The third-order valence-corrected chi connectivity index (χ3v) is 6.59. The summed E-state index contributed by atoms with van der Waals surface area (Å²) in [7, 11) is 0. The number of carboxylic acids is 1. The molecule has 1 N–H and O–H groups in total. The van der Waals surface area contributed by atoms with E-state index in [0.29, 0.717) is 17.7 Å². The summed E-state index contributed by atoms with van der Waals surface area (Å²) in [6.07, 6.45) is 0.0209. The Morgan fingerprint density at radius 3 is 2.24 bits per heavy atom. The van der Waals surface area contributed by atoms with Crippen molar-refractivity contribution < 1.29 is 19.1 Å². The van der Waals surface area contributed by atoms with Gasteiger partial charge in [0, 0.05) is 24.2 Å². The number of carbonyl (C=O) groups excluding carboxylic acids is 1. The van der Waals surface area contributed by atoms with Crippen LogP contribution in [0.3, 0.4) is 0 Å². The van der Waals surface area contributed by atoms with Gasteiger partial charge in [0.1, 0.15) is 5.82 Å². The lowest BCUT2D eigenvalue weighted by Crippen LogP contribution is -2.42. The van der Waals surface area contributed by atoms with Gasteiger partial charge in [0.25, 0.3) is 0 Å². The molecular formula is C28H30FNO3. The van der Waals surface area contributed by atoms with Crippen molar-refractivity contribution in [1.82, 2.24) is 0 Å². The van der Waals surface area contributed by atoms with E-state index in [1.54, 1.807) is 43.0 Å². The molecule has 172 valence electrons. The highest BCUT2D eigenvalue weighted by Crippen LogP contribution is 2.37. The molecule has 4 nitrogen and oxygen atoms in total. The largest absolute Gasteiger partial charge is 0.481 e. The number of nitrogens with zero attached hydrogens (tertiary/aromatic N) is 1. The predicted octanol–water partition coefficient (Wildman–Crippen LogP) is 6.22. The molecule has 0 bridgehead atoms. The highest BCUT2D eigenvalue weighted by molar-refractivity contribution is 5.95. The first-order chi connectivity index (χ1) is 15.7. The van der Waals surface area contributed by atoms with Crippen molar-refractivity contribution in [2.45, 2.75) is 39.5 Å². The molecule has 3 aromatic carbocycles. The summed E-state index contributed by atoms with van der Waals surface area (Å²) < 4.78 is 15.0. The van der Waals surface area contributed by atoms with Gasteiger partial charge in [-0.15, -0.1) is 0 Å². The third-order valence-electron chi connectivity index (χ3n) is 6.59. The number of aryl methyl sites for hydroxylation is 1. The van der Waals surface area contributed by atoms with E-state index in [4.69, 9.17) is 0 Å². The van der Waals surface area contributed by atoms with Crippen molar-refractivity contribution in [3.63, 3.8) is 0 Å². The molecular weight excluding hydrogens is 417 g/mol. The van der Waals surface area contributed by atoms with Crippen LogP contribution < -0.4 is 4.90 Å². The first-order valence-corrected chi connectivity index (χ1v) is 11.1. The third kappa shape index (κ3) is 4.82. The summed E-state index contributed by atoms with van der Waals surface area (Å²) in [5.41, 5.74) is 1.82. The fourth-order valence-corrected chi connectivity index (χ4v) is 4.23. The van der Waals surface area contributed by atoms with Gasteiger partial charge in [-0.3, -0.25) is 9.59 Å². The first-order valence-electron chi connectivity index (χ1n) is 11.1. The molecule has 0 saturated heterocycles. The fourth-order valence-electron chi connectivity index (χ4n) is 4.23. The summed E-state index contributed by atoms with van der Waals surface area (Å²) in [4.78, 5) is 27.3. The average Bonchev–Trinajstić information content (AvgIpc) is 2.80. The topological polar surface area (TPSA) is 57.6 Å². The van der Waals surface area contributed by atoms with E-state index in [1.165, 1.54) is 6.07 Å². The van der Waals surface area contributed by atoms with Crippen LogP contribution in [0, 0.1) is 18.7 Å². The molecule has 2 unspecified atom stereocenters. The molecule has 0 radical (unpaired) electrons. The van der Waals surface area contributed by atoms with E-state index < -0.39 is 23.1 Å². The number of carbonyl (C=O) groups is 2. The lowest BCUT2D eigenvalue weighted by Gasteiger charge is -2.33. The van der Waals surface area contributed by atoms with Crippen LogP contribution in [0.1, 0.15) is 38.3 Å². The van der Waals surface area contributed by atoms with Crippen LogP contribution in [-0.2, 0) is 15.0 Å². The number of benzene rings is 3. The van der Waals surface area contributed by atoms with E-state index in [2.05, 4.69) is 0 Å². The summed E-state index contributed by atoms with van der Waals surface area (Å²) in [5, 5.41) is 10.2. The number of anilines is 1. The van der Waals surface area contributed by atoms with Gasteiger partial charge in [0.2, 0.25) is 5.91 Å². The molecule has 0 spiro atoms. The number of para-hydroxylation sites is 1. The van der Waals surface area contributed by atoms with Gasteiger partial charge in [-0.1, -0.05) is 67.6 Å². The predicted molar refractivity (Wildman–Crippen MR) is 130 cm³/mol. The summed E-state index contributed by atoms with van der Waals surface area (Å²) >= 11 is 0. The zero-order valence-corrected chi connectivity index (χ0v) is 19.5. The molecule has 0 aliphatic carbocycles. The Morgan fingerprint density at radius 1 is 1.03 bits per heavy atom. The van der Waals surface area contributed by atoms with Crippen molar-refractivity contribution in [2.75, 3.05) is 11.4 Å². The molecule has 33 heavy (non-hydrogen) atoms. The minimum absolute atomic E-state index is 0.0209. The SMILES string of the molecule is CCN(C(=O)CC(C)C(C)(C(=O)O)c1ccc(-c2ccccc2)c(F)c1)c1ccccc1C. The Morgan fingerprint density at radius 2 is 1.67 bits per heavy atom. The van der Waals surface area contributed by atoms with Crippen molar-refractivity contribution in [1.29, 1.82) is 0 Å². The number of hydrogen-bond acceptors (Lipinski definition) is 2. The van der Waals surface area contributed by atoms with Crippen molar-refractivity contribution in [3.05, 3.63) is 89.7 Å². The fraction of sp³-hybridized carbons (Fsp3) is 0.286. The Labute approximate surface area is 194 Å². The van der Waals surface area contributed by atoms with Crippen LogP contribution in [0.25, 0.3) is 11.1 Å². The maximum atomic E-state index is 15.0. The molecule has 2 atom stereocenters. The molecule has 0 aromatic heterocycles. The number of rotatable bonds is 8. The number of aliphatic carboxylic acids is 1. The Kier molecular flexibility index (Phi) is 7.32. The maximum absolute atomic E-state index is 15.0. The number of carboxylic acid groups (broad SMARTS) is 1. The van der Waals surface area contributed by atoms with Gasteiger partial charge < -0.3 is 10.0 Å². The van der Waals surface area contributed by atoms with E-state index in [0.717, 1.165) is 16.8 Å². The molecule has 3 aromatic rings. The number of amides is 1. The second-order valence-electron chi connectivity index (χ2n) is 8.60. The lowest BCUT2D eigenvalue weighted by molar-refractivity contribution is -0.145. The molecule has 0 aliphatic rings. The minimum atomic E-state index is -1.43. The second kappa shape index (κ2) is 9.99. The van der Waals surface area contributed by atoms with Gasteiger partial charge in [-0.25, -0.2) is 4.39 Å². The quantitative estimate of drug-likeness (QED) is 0.446. The van der Waals surface area contributed by atoms with Gasteiger partial charge in [0.05, 0.1) is 5.41 Å². The molecule has 0 heterocycles. The van der Waals surface area contributed by atoms with Crippen molar-refractivity contribution >= 4 is 17.6 Å². The maximum Gasteiger partial charge on any atom is 0.314 e. The van der Waals surface area contributed by atoms with E-state index in [-0.39, 0.29) is 12.3 Å². The Bertz CT molecular complexity index is 1140. The zero-order chi connectivity index (χ0) is 24.2. The average molecular weight is 448 g/mol. The molecule has 5 heteroatoms. The highest BCUT2D eigenvalue weighted by atomic mass is 19.1. The smallest absolute Gasteiger partial charge is 0.314 e.